The Morgan fingerprint density at radius 2 is 1.91 bits per heavy atom. The largest absolute Gasteiger partial charge is 0.396 e. The van der Waals surface area contributed by atoms with Crippen molar-refractivity contribution in [2.24, 2.45) is 5.41 Å². The van der Waals surface area contributed by atoms with Crippen LogP contribution in [0.2, 0.25) is 5.02 Å². The highest BCUT2D eigenvalue weighted by atomic mass is 35.5. The fraction of sp³-hybridized carbons (Fsp3) is 0.647. The van der Waals surface area contributed by atoms with Crippen LogP contribution in [0.5, 0.6) is 0 Å². The SMILES string of the molecule is CN(C)c1ccc([C@@H](N2CCNCC2)C(C)(C)CO)c(Cl)c1.Cl. The minimum absolute atomic E-state index is 0. The normalized spacial score (nSPS) is 17.5. The van der Waals surface area contributed by atoms with Gasteiger partial charge in [-0.25, -0.2) is 0 Å². The zero-order valence-corrected chi connectivity index (χ0v) is 16.0. The third kappa shape index (κ3) is 4.74. The van der Waals surface area contributed by atoms with E-state index in [2.05, 4.69) is 36.2 Å². The van der Waals surface area contributed by atoms with Crippen LogP contribution in [0, 0.1) is 5.41 Å². The summed E-state index contributed by atoms with van der Waals surface area (Å²) in [6.07, 6.45) is 0. The van der Waals surface area contributed by atoms with Crippen molar-refractivity contribution in [3.05, 3.63) is 28.8 Å². The molecule has 1 aromatic carbocycles. The van der Waals surface area contributed by atoms with Crippen molar-refractivity contribution >= 4 is 29.7 Å². The van der Waals surface area contributed by atoms with Crippen molar-refractivity contribution in [1.82, 2.24) is 10.2 Å². The van der Waals surface area contributed by atoms with Crippen LogP contribution < -0.4 is 10.2 Å². The zero-order chi connectivity index (χ0) is 16.3. The van der Waals surface area contributed by atoms with E-state index in [0.717, 1.165) is 42.5 Å². The molecule has 23 heavy (non-hydrogen) atoms. The van der Waals surface area contributed by atoms with Crippen molar-refractivity contribution in [3.63, 3.8) is 0 Å². The molecule has 1 saturated heterocycles. The van der Waals surface area contributed by atoms with Gasteiger partial charge in [0.25, 0.3) is 0 Å². The molecule has 1 aliphatic heterocycles. The second-order valence-electron chi connectivity index (χ2n) is 6.94. The Morgan fingerprint density at radius 1 is 1.30 bits per heavy atom. The first-order valence-corrected chi connectivity index (χ1v) is 8.27. The third-order valence-corrected chi connectivity index (χ3v) is 4.79. The van der Waals surface area contributed by atoms with Crippen molar-refractivity contribution in [3.8, 4) is 0 Å². The first-order chi connectivity index (χ1) is 10.4. The summed E-state index contributed by atoms with van der Waals surface area (Å²) in [5.74, 6) is 0. The number of anilines is 1. The average Bonchev–Trinajstić information content (AvgIpc) is 2.50. The minimum Gasteiger partial charge on any atom is -0.396 e. The summed E-state index contributed by atoms with van der Waals surface area (Å²) in [4.78, 5) is 4.48. The molecule has 1 heterocycles. The highest BCUT2D eigenvalue weighted by Gasteiger charge is 2.36. The molecule has 1 aliphatic rings. The molecule has 0 bridgehead atoms. The Morgan fingerprint density at radius 3 is 2.39 bits per heavy atom. The van der Waals surface area contributed by atoms with Crippen molar-refractivity contribution < 1.29 is 5.11 Å². The van der Waals surface area contributed by atoms with Gasteiger partial charge in [0.2, 0.25) is 0 Å². The van der Waals surface area contributed by atoms with E-state index in [-0.39, 0.29) is 30.5 Å². The Kier molecular flexibility index (Phi) is 7.62. The molecule has 0 amide bonds. The number of rotatable bonds is 5. The van der Waals surface area contributed by atoms with Gasteiger partial charge in [0.1, 0.15) is 0 Å². The fourth-order valence-electron chi connectivity index (χ4n) is 3.15. The molecule has 1 aromatic rings. The van der Waals surface area contributed by atoms with E-state index in [9.17, 15) is 5.11 Å². The molecule has 2 rings (SSSR count). The topological polar surface area (TPSA) is 38.7 Å². The summed E-state index contributed by atoms with van der Waals surface area (Å²) >= 11 is 6.60. The molecule has 0 unspecified atom stereocenters. The number of hydrogen-bond acceptors (Lipinski definition) is 4. The van der Waals surface area contributed by atoms with E-state index in [1.54, 1.807) is 0 Å². The number of piperazine rings is 1. The van der Waals surface area contributed by atoms with E-state index >= 15 is 0 Å². The van der Waals surface area contributed by atoms with Gasteiger partial charge in [-0.15, -0.1) is 12.4 Å². The number of nitrogens with one attached hydrogen (secondary N) is 1. The molecule has 4 nitrogen and oxygen atoms in total. The molecule has 0 aliphatic carbocycles. The van der Waals surface area contributed by atoms with Gasteiger partial charge in [-0.1, -0.05) is 31.5 Å². The quantitative estimate of drug-likeness (QED) is 0.845. The maximum absolute atomic E-state index is 9.90. The molecular weight excluding hydrogens is 333 g/mol. The summed E-state index contributed by atoms with van der Waals surface area (Å²) in [7, 11) is 4.02. The summed E-state index contributed by atoms with van der Waals surface area (Å²) in [6.45, 7) is 8.25. The molecule has 0 spiro atoms. The maximum atomic E-state index is 9.90. The maximum Gasteiger partial charge on any atom is 0.0500 e. The number of aliphatic hydroxyl groups is 1. The highest BCUT2D eigenvalue weighted by Crippen LogP contribution is 2.41. The fourth-order valence-corrected chi connectivity index (χ4v) is 3.43. The molecule has 1 fully saturated rings. The first kappa shape index (κ1) is 20.5. The summed E-state index contributed by atoms with van der Waals surface area (Å²) in [5, 5.41) is 14.1. The average molecular weight is 362 g/mol. The van der Waals surface area contributed by atoms with Gasteiger partial charge in [-0.2, -0.15) is 0 Å². The van der Waals surface area contributed by atoms with Gasteiger partial charge in [-0.05, 0) is 17.7 Å². The van der Waals surface area contributed by atoms with E-state index in [1.807, 2.05) is 25.1 Å². The molecule has 0 radical (unpaired) electrons. The second kappa shape index (κ2) is 8.54. The van der Waals surface area contributed by atoms with E-state index in [1.165, 1.54) is 0 Å². The van der Waals surface area contributed by atoms with Crippen molar-refractivity contribution in [2.75, 3.05) is 51.8 Å². The van der Waals surface area contributed by atoms with Gasteiger partial charge >= 0.3 is 0 Å². The summed E-state index contributed by atoms with van der Waals surface area (Å²) < 4.78 is 0. The van der Waals surface area contributed by atoms with Gasteiger partial charge in [0.05, 0.1) is 0 Å². The van der Waals surface area contributed by atoms with Gasteiger partial charge in [0.15, 0.2) is 0 Å². The lowest BCUT2D eigenvalue weighted by molar-refractivity contribution is 0.0306. The van der Waals surface area contributed by atoms with Crippen molar-refractivity contribution in [1.29, 1.82) is 0 Å². The van der Waals surface area contributed by atoms with Crippen molar-refractivity contribution in [2.45, 2.75) is 19.9 Å². The number of aliphatic hydroxyl groups excluding tert-OH is 1. The lowest BCUT2D eigenvalue weighted by Gasteiger charge is -2.44. The van der Waals surface area contributed by atoms with Crippen LogP contribution in [0.4, 0.5) is 5.69 Å². The first-order valence-electron chi connectivity index (χ1n) is 7.89. The lowest BCUT2D eigenvalue weighted by Crippen LogP contribution is -2.49. The molecule has 2 N–H and O–H groups in total. The number of halogens is 2. The third-order valence-electron chi connectivity index (χ3n) is 4.46. The van der Waals surface area contributed by atoms with E-state index < -0.39 is 0 Å². The predicted octanol–water partition coefficient (Wildman–Crippen LogP) is 2.79. The molecule has 0 aromatic heterocycles. The highest BCUT2D eigenvalue weighted by molar-refractivity contribution is 6.31. The number of benzene rings is 1. The van der Waals surface area contributed by atoms with Crippen LogP contribution in [0.25, 0.3) is 0 Å². The van der Waals surface area contributed by atoms with Gasteiger partial charge in [-0.3, -0.25) is 4.90 Å². The van der Waals surface area contributed by atoms with Crippen LogP contribution in [0.3, 0.4) is 0 Å². The second-order valence-corrected chi connectivity index (χ2v) is 7.34. The summed E-state index contributed by atoms with van der Waals surface area (Å²) in [6, 6.07) is 6.34. The molecule has 6 heteroatoms. The number of hydrogen-bond donors (Lipinski definition) is 2. The van der Waals surface area contributed by atoms with Crippen LogP contribution >= 0.6 is 24.0 Å². The number of nitrogens with zero attached hydrogens (tertiary/aromatic N) is 2. The smallest absolute Gasteiger partial charge is 0.0500 e. The monoisotopic (exact) mass is 361 g/mol. The predicted molar refractivity (Wildman–Crippen MR) is 101 cm³/mol. The summed E-state index contributed by atoms with van der Waals surface area (Å²) in [5.41, 5.74) is 1.95. The molecular formula is C17H29Cl2N3O. The molecule has 132 valence electrons. The van der Waals surface area contributed by atoms with Gasteiger partial charge in [0, 0.05) is 69.0 Å². The zero-order valence-electron chi connectivity index (χ0n) is 14.5. The Hall–Kier alpha value is -0.520. The lowest BCUT2D eigenvalue weighted by atomic mass is 9.79. The van der Waals surface area contributed by atoms with Crippen LogP contribution in [0.15, 0.2) is 18.2 Å². The van der Waals surface area contributed by atoms with Gasteiger partial charge < -0.3 is 15.3 Å². The van der Waals surface area contributed by atoms with E-state index in [0.29, 0.717) is 0 Å². The van der Waals surface area contributed by atoms with Crippen LogP contribution in [-0.4, -0.2) is 56.9 Å². The Bertz CT molecular complexity index is 503. The standard InChI is InChI=1S/C17H28ClN3O.ClH/c1-17(2,12-22)16(21-9-7-19-8-10-21)14-6-5-13(20(3)4)11-15(14)18;/h5-6,11,16,19,22H,7-10,12H2,1-4H3;1H/t16-;/m1./s1. The minimum atomic E-state index is -0.249. The molecule has 1 atom stereocenters. The Balaban J connectivity index is 0.00000264. The van der Waals surface area contributed by atoms with E-state index in [4.69, 9.17) is 11.6 Å². The molecule has 0 saturated carbocycles. The van der Waals surface area contributed by atoms with Crippen LogP contribution in [-0.2, 0) is 0 Å². The van der Waals surface area contributed by atoms with Crippen LogP contribution in [0.1, 0.15) is 25.5 Å². The Labute approximate surface area is 151 Å².